The van der Waals surface area contributed by atoms with E-state index in [1.54, 1.807) is 7.11 Å². The number of rotatable bonds is 5. The largest absolute Gasteiger partial charge is 0.496 e. The zero-order chi connectivity index (χ0) is 19.5. The highest BCUT2D eigenvalue weighted by molar-refractivity contribution is 7.20. The molecule has 0 bridgehead atoms. The molecule has 146 valence electrons. The van der Waals surface area contributed by atoms with Gasteiger partial charge in [0.25, 0.3) is 5.91 Å². The van der Waals surface area contributed by atoms with Crippen molar-refractivity contribution < 1.29 is 14.3 Å². The molecule has 0 atom stereocenters. The maximum absolute atomic E-state index is 13.0. The van der Waals surface area contributed by atoms with Gasteiger partial charge in [-0.25, -0.2) is 9.97 Å². The maximum atomic E-state index is 13.0. The number of carbonyl (C=O) groups excluding carboxylic acids is 1. The van der Waals surface area contributed by atoms with Crippen molar-refractivity contribution in [3.63, 3.8) is 0 Å². The van der Waals surface area contributed by atoms with E-state index < -0.39 is 0 Å². The zero-order valence-corrected chi connectivity index (χ0v) is 16.7. The van der Waals surface area contributed by atoms with Crippen LogP contribution in [-0.2, 0) is 11.3 Å². The molecule has 8 heteroatoms. The van der Waals surface area contributed by atoms with Crippen molar-refractivity contribution in [2.45, 2.75) is 13.5 Å². The summed E-state index contributed by atoms with van der Waals surface area (Å²) in [6.07, 6.45) is 1.53. The van der Waals surface area contributed by atoms with Crippen molar-refractivity contribution in [3.8, 4) is 5.75 Å². The first-order chi connectivity index (χ1) is 13.7. The number of thiophene rings is 1. The molecule has 1 saturated heterocycles. The predicted octanol–water partition coefficient (Wildman–Crippen LogP) is 3.09. The maximum Gasteiger partial charge on any atom is 0.264 e. The highest BCUT2D eigenvalue weighted by Crippen LogP contribution is 2.34. The molecule has 1 amide bonds. The minimum Gasteiger partial charge on any atom is -0.496 e. The number of aromatic nitrogens is 2. The third kappa shape index (κ3) is 3.53. The van der Waals surface area contributed by atoms with Gasteiger partial charge < -0.3 is 19.7 Å². The van der Waals surface area contributed by atoms with E-state index in [1.165, 1.54) is 17.7 Å². The summed E-state index contributed by atoms with van der Waals surface area (Å²) < 4.78 is 10.8. The van der Waals surface area contributed by atoms with Gasteiger partial charge in [0.05, 0.1) is 30.6 Å². The van der Waals surface area contributed by atoms with Gasteiger partial charge in [0, 0.05) is 25.2 Å². The van der Waals surface area contributed by atoms with Gasteiger partial charge >= 0.3 is 0 Å². The van der Waals surface area contributed by atoms with Gasteiger partial charge in [0.15, 0.2) is 0 Å². The topological polar surface area (TPSA) is 76.6 Å². The molecule has 0 saturated carbocycles. The number of fused-ring (bicyclic) bond motifs is 1. The van der Waals surface area contributed by atoms with E-state index in [4.69, 9.17) is 9.47 Å². The predicted molar refractivity (Wildman–Crippen MR) is 109 cm³/mol. The normalized spacial score (nSPS) is 14.3. The third-order valence-corrected chi connectivity index (χ3v) is 6.05. The fourth-order valence-electron chi connectivity index (χ4n) is 3.35. The first kappa shape index (κ1) is 18.6. The SMILES string of the molecule is COc1ccccc1CNc1ncnc2sc(C(=O)N3CCOCC3)c(C)c12. The molecule has 3 heterocycles. The van der Waals surface area contributed by atoms with Crippen LogP contribution in [0, 0.1) is 6.92 Å². The lowest BCUT2D eigenvalue weighted by Gasteiger charge is -2.26. The summed E-state index contributed by atoms with van der Waals surface area (Å²) in [4.78, 5) is 25.1. The number of nitrogens with one attached hydrogen (secondary N) is 1. The summed E-state index contributed by atoms with van der Waals surface area (Å²) in [6.45, 7) is 4.94. The average molecular weight is 398 g/mol. The smallest absolute Gasteiger partial charge is 0.264 e. The molecule has 0 aliphatic carbocycles. The summed E-state index contributed by atoms with van der Waals surface area (Å²) >= 11 is 1.42. The second kappa shape index (κ2) is 8.12. The molecule has 4 rings (SSSR count). The van der Waals surface area contributed by atoms with Crippen molar-refractivity contribution in [1.82, 2.24) is 14.9 Å². The number of ether oxygens (including phenoxy) is 2. The van der Waals surface area contributed by atoms with Gasteiger partial charge in [-0.15, -0.1) is 11.3 Å². The standard InChI is InChI=1S/C20H22N4O3S/c1-13-16-18(21-11-14-5-3-4-6-15(14)26-2)22-12-23-19(16)28-17(13)20(25)24-7-9-27-10-8-24/h3-6,12H,7-11H2,1-2H3,(H,21,22,23). The van der Waals surface area contributed by atoms with Gasteiger partial charge in [-0.2, -0.15) is 0 Å². The summed E-state index contributed by atoms with van der Waals surface area (Å²) in [7, 11) is 1.66. The van der Waals surface area contributed by atoms with Crippen molar-refractivity contribution >= 4 is 33.3 Å². The Morgan fingerprint density at radius 1 is 1.29 bits per heavy atom. The lowest BCUT2D eigenvalue weighted by atomic mass is 10.1. The van der Waals surface area contributed by atoms with E-state index in [0.717, 1.165) is 37.8 Å². The van der Waals surface area contributed by atoms with Crippen LogP contribution in [0.25, 0.3) is 10.2 Å². The van der Waals surface area contributed by atoms with Crippen LogP contribution < -0.4 is 10.1 Å². The van der Waals surface area contributed by atoms with Crippen LogP contribution in [-0.4, -0.2) is 54.2 Å². The Morgan fingerprint density at radius 2 is 2.07 bits per heavy atom. The molecule has 1 fully saturated rings. The number of hydrogen-bond donors (Lipinski definition) is 1. The first-order valence-corrected chi connectivity index (χ1v) is 9.97. The number of hydrogen-bond acceptors (Lipinski definition) is 7. The summed E-state index contributed by atoms with van der Waals surface area (Å²) in [5.74, 6) is 1.59. The fraction of sp³-hybridized carbons (Fsp3) is 0.350. The molecule has 0 unspecified atom stereocenters. The first-order valence-electron chi connectivity index (χ1n) is 9.16. The number of aryl methyl sites for hydroxylation is 1. The highest BCUT2D eigenvalue weighted by Gasteiger charge is 2.24. The minimum atomic E-state index is 0.0412. The number of para-hydroxylation sites is 1. The van der Waals surface area contributed by atoms with Crippen LogP contribution in [0.3, 0.4) is 0 Å². The Hall–Kier alpha value is -2.71. The number of nitrogens with zero attached hydrogens (tertiary/aromatic N) is 3. The Morgan fingerprint density at radius 3 is 2.86 bits per heavy atom. The second-order valence-electron chi connectivity index (χ2n) is 6.53. The van der Waals surface area contributed by atoms with Crippen molar-refractivity contribution in [3.05, 3.63) is 46.6 Å². The molecule has 2 aromatic heterocycles. The average Bonchev–Trinajstić information content (AvgIpc) is 3.09. The quantitative estimate of drug-likeness (QED) is 0.712. The van der Waals surface area contributed by atoms with Crippen LogP contribution in [0.4, 0.5) is 5.82 Å². The van der Waals surface area contributed by atoms with Crippen LogP contribution in [0.2, 0.25) is 0 Å². The Kier molecular flexibility index (Phi) is 5.40. The number of morpholine rings is 1. The molecule has 0 radical (unpaired) electrons. The van der Waals surface area contributed by atoms with E-state index in [1.807, 2.05) is 36.1 Å². The van der Waals surface area contributed by atoms with Crippen LogP contribution >= 0.6 is 11.3 Å². The van der Waals surface area contributed by atoms with Gasteiger partial charge in [-0.05, 0) is 18.6 Å². The number of carbonyl (C=O) groups is 1. The minimum absolute atomic E-state index is 0.0412. The summed E-state index contributed by atoms with van der Waals surface area (Å²) in [5, 5.41) is 4.28. The van der Waals surface area contributed by atoms with Crippen LogP contribution in [0.15, 0.2) is 30.6 Å². The van der Waals surface area contributed by atoms with Crippen LogP contribution in [0.5, 0.6) is 5.75 Å². The monoisotopic (exact) mass is 398 g/mol. The molecule has 3 aromatic rings. The van der Waals surface area contributed by atoms with Gasteiger partial charge in [0.1, 0.15) is 22.7 Å². The van der Waals surface area contributed by atoms with Crippen molar-refractivity contribution in [2.75, 3.05) is 38.7 Å². The van der Waals surface area contributed by atoms with Crippen molar-refractivity contribution in [1.29, 1.82) is 0 Å². The van der Waals surface area contributed by atoms with E-state index in [2.05, 4.69) is 15.3 Å². The molecule has 1 aliphatic heterocycles. The molecule has 1 N–H and O–H groups in total. The Balaban J connectivity index is 1.63. The Bertz CT molecular complexity index is 998. The van der Waals surface area contributed by atoms with Crippen LogP contribution in [0.1, 0.15) is 20.8 Å². The van der Waals surface area contributed by atoms with Crippen molar-refractivity contribution in [2.24, 2.45) is 0 Å². The van der Waals surface area contributed by atoms with Gasteiger partial charge in [0.2, 0.25) is 0 Å². The number of amides is 1. The number of methoxy groups -OCH3 is 1. The second-order valence-corrected chi connectivity index (χ2v) is 7.53. The van der Waals surface area contributed by atoms with E-state index in [9.17, 15) is 4.79 Å². The number of benzene rings is 1. The third-order valence-electron chi connectivity index (χ3n) is 4.86. The summed E-state index contributed by atoms with van der Waals surface area (Å²) in [5.41, 5.74) is 1.95. The lowest BCUT2D eigenvalue weighted by Crippen LogP contribution is -2.40. The molecule has 28 heavy (non-hydrogen) atoms. The van der Waals surface area contributed by atoms with E-state index >= 15 is 0 Å². The van der Waals surface area contributed by atoms with E-state index in [0.29, 0.717) is 32.8 Å². The summed E-state index contributed by atoms with van der Waals surface area (Å²) in [6, 6.07) is 7.86. The molecule has 7 nitrogen and oxygen atoms in total. The molecular weight excluding hydrogens is 376 g/mol. The van der Waals surface area contributed by atoms with Gasteiger partial charge in [-0.1, -0.05) is 18.2 Å². The molecule has 1 aliphatic rings. The van der Waals surface area contributed by atoms with Gasteiger partial charge in [-0.3, -0.25) is 4.79 Å². The molecule has 0 spiro atoms. The highest BCUT2D eigenvalue weighted by atomic mass is 32.1. The molecule has 1 aromatic carbocycles. The lowest BCUT2D eigenvalue weighted by molar-refractivity contribution is 0.0306. The fourth-order valence-corrected chi connectivity index (χ4v) is 4.46. The zero-order valence-electron chi connectivity index (χ0n) is 15.9. The number of anilines is 1. The Labute approximate surface area is 167 Å². The molecular formula is C20H22N4O3S. The van der Waals surface area contributed by atoms with E-state index in [-0.39, 0.29) is 5.91 Å².